The molecule has 1 aromatic carbocycles. The van der Waals surface area contributed by atoms with Crippen molar-refractivity contribution >= 4 is 11.6 Å². The first-order chi connectivity index (χ1) is 11.1. The van der Waals surface area contributed by atoms with E-state index in [2.05, 4.69) is 22.1 Å². The van der Waals surface area contributed by atoms with E-state index in [-0.39, 0.29) is 22.9 Å². The topological polar surface area (TPSA) is 33.1 Å². The first-order valence-corrected chi connectivity index (χ1v) is 8.36. The quantitative estimate of drug-likeness (QED) is 0.910. The Hall–Kier alpha value is -1.43. The normalized spacial score (nSPS) is 21.9. The van der Waals surface area contributed by atoms with E-state index in [9.17, 15) is 4.39 Å². The number of imidazole rings is 1. The molecular formula is C17H22ClFN4. The molecule has 0 radical (unpaired) electrons. The highest BCUT2D eigenvalue weighted by molar-refractivity contribution is 6.30. The summed E-state index contributed by atoms with van der Waals surface area (Å²) in [5, 5.41) is 3.76. The van der Waals surface area contributed by atoms with E-state index in [1.165, 1.54) is 0 Å². The summed E-state index contributed by atoms with van der Waals surface area (Å²) in [5.41, 5.74) is 0.976. The maximum Gasteiger partial charge on any atom is 0.142 e. The molecule has 1 aromatic heterocycles. The highest BCUT2D eigenvalue weighted by Gasteiger charge is 2.34. The number of likely N-dealkylation sites (tertiary alicyclic amines) is 1. The molecule has 6 heteroatoms. The number of nitrogens with one attached hydrogen (secondary N) is 1. The number of halogens is 2. The minimum atomic E-state index is -0.352. The number of aryl methyl sites for hydroxylation is 1. The minimum Gasteiger partial charge on any atom is -0.337 e. The molecule has 0 spiro atoms. The summed E-state index contributed by atoms with van der Waals surface area (Å²) in [6, 6.07) is 5.57. The maximum atomic E-state index is 13.9. The zero-order chi connectivity index (χ0) is 16.4. The molecule has 0 saturated carbocycles. The Labute approximate surface area is 141 Å². The molecule has 0 unspecified atom stereocenters. The zero-order valence-corrected chi connectivity index (χ0v) is 14.2. The maximum absolute atomic E-state index is 13.9. The van der Waals surface area contributed by atoms with E-state index in [4.69, 9.17) is 11.6 Å². The predicted octanol–water partition coefficient (Wildman–Crippen LogP) is 3.14. The average Bonchev–Trinajstić information content (AvgIpc) is 3.13. The molecule has 0 aliphatic carbocycles. The Morgan fingerprint density at radius 3 is 2.91 bits per heavy atom. The second-order valence-corrected chi connectivity index (χ2v) is 6.38. The molecule has 4 nitrogen and oxygen atoms in total. The van der Waals surface area contributed by atoms with Crippen LogP contribution in [0.25, 0.3) is 0 Å². The van der Waals surface area contributed by atoms with Crippen molar-refractivity contribution in [1.82, 2.24) is 19.8 Å². The highest BCUT2D eigenvalue weighted by atomic mass is 35.5. The van der Waals surface area contributed by atoms with Crippen LogP contribution in [-0.2, 0) is 13.6 Å². The van der Waals surface area contributed by atoms with Gasteiger partial charge in [-0.1, -0.05) is 24.6 Å². The van der Waals surface area contributed by atoms with Crippen LogP contribution in [0.2, 0.25) is 5.02 Å². The fraction of sp³-hybridized carbons (Fsp3) is 0.471. The van der Waals surface area contributed by atoms with Crippen molar-refractivity contribution in [3.05, 3.63) is 52.8 Å². The summed E-state index contributed by atoms with van der Waals surface area (Å²) in [7, 11) is 1.99. The summed E-state index contributed by atoms with van der Waals surface area (Å²) < 4.78 is 15.9. The standard InChI is InChI=1S/C17H22ClFN4/c1-3-23-8-6-15(21-11-16-20-7-9-22(16)2)17(23)12-4-5-13(18)14(19)10-12/h4-5,7,9-10,15,17,21H,3,6,8,11H2,1-2H3/t15-,17-/m0/s1. The van der Waals surface area contributed by atoms with E-state index in [1.54, 1.807) is 18.3 Å². The van der Waals surface area contributed by atoms with E-state index < -0.39 is 0 Å². The SMILES string of the molecule is CCN1CC[C@H](NCc2nccn2C)[C@@H]1c1ccc(Cl)c(F)c1. The first kappa shape index (κ1) is 16.4. The van der Waals surface area contributed by atoms with Crippen LogP contribution in [0.1, 0.15) is 30.8 Å². The van der Waals surface area contributed by atoms with Crippen molar-refractivity contribution in [3.63, 3.8) is 0 Å². The fourth-order valence-corrected chi connectivity index (χ4v) is 3.47. The van der Waals surface area contributed by atoms with Gasteiger partial charge in [0.05, 0.1) is 17.6 Å². The molecular weight excluding hydrogens is 315 g/mol. The number of nitrogens with zero attached hydrogens (tertiary/aromatic N) is 3. The van der Waals surface area contributed by atoms with E-state index in [0.29, 0.717) is 6.54 Å². The molecule has 124 valence electrons. The second kappa shape index (κ2) is 6.99. The van der Waals surface area contributed by atoms with Gasteiger partial charge in [0, 0.05) is 32.0 Å². The number of hydrogen-bond donors (Lipinski definition) is 1. The van der Waals surface area contributed by atoms with Crippen molar-refractivity contribution in [2.24, 2.45) is 7.05 Å². The average molecular weight is 337 g/mol. The third-order valence-corrected chi connectivity index (χ3v) is 4.94. The van der Waals surface area contributed by atoms with Crippen molar-refractivity contribution in [3.8, 4) is 0 Å². The molecule has 1 fully saturated rings. The smallest absolute Gasteiger partial charge is 0.142 e. The van der Waals surface area contributed by atoms with Gasteiger partial charge < -0.3 is 9.88 Å². The monoisotopic (exact) mass is 336 g/mol. The Bertz CT molecular complexity index is 672. The van der Waals surface area contributed by atoms with E-state index in [1.807, 2.05) is 23.9 Å². The van der Waals surface area contributed by atoms with Crippen LogP contribution < -0.4 is 5.32 Å². The number of hydrogen-bond acceptors (Lipinski definition) is 3. The van der Waals surface area contributed by atoms with Crippen molar-refractivity contribution in [1.29, 1.82) is 0 Å². The van der Waals surface area contributed by atoms with Crippen LogP contribution in [0, 0.1) is 5.82 Å². The number of likely N-dealkylation sites (N-methyl/N-ethyl adjacent to an activating group) is 1. The van der Waals surface area contributed by atoms with Crippen LogP contribution in [0.4, 0.5) is 4.39 Å². The van der Waals surface area contributed by atoms with Gasteiger partial charge in [0.1, 0.15) is 11.6 Å². The molecule has 2 aromatic rings. The fourth-order valence-electron chi connectivity index (χ4n) is 3.35. The number of aromatic nitrogens is 2. The third kappa shape index (κ3) is 3.42. The van der Waals surface area contributed by atoms with Gasteiger partial charge >= 0.3 is 0 Å². The molecule has 1 N–H and O–H groups in total. The molecule has 0 bridgehead atoms. The van der Waals surface area contributed by atoms with Crippen molar-refractivity contribution in [2.75, 3.05) is 13.1 Å². The van der Waals surface area contributed by atoms with Gasteiger partial charge in [-0.05, 0) is 30.7 Å². The Kier molecular flexibility index (Phi) is 4.99. The lowest BCUT2D eigenvalue weighted by Gasteiger charge is -2.28. The van der Waals surface area contributed by atoms with Gasteiger partial charge in [-0.15, -0.1) is 0 Å². The Morgan fingerprint density at radius 1 is 1.43 bits per heavy atom. The summed E-state index contributed by atoms with van der Waals surface area (Å²) >= 11 is 5.82. The lowest BCUT2D eigenvalue weighted by molar-refractivity contribution is 0.247. The van der Waals surface area contributed by atoms with Gasteiger partial charge in [0.2, 0.25) is 0 Å². The first-order valence-electron chi connectivity index (χ1n) is 7.98. The van der Waals surface area contributed by atoms with Gasteiger partial charge in [0.25, 0.3) is 0 Å². The Morgan fingerprint density at radius 2 is 2.26 bits per heavy atom. The predicted molar refractivity (Wildman–Crippen MR) is 89.9 cm³/mol. The van der Waals surface area contributed by atoms with Crippen LogP contribution >= 0.6 is 11.6 Å². The third-order valence-electron chi connectivity index (χ3n) is 4.64. The molecule has 1 aliphatic rings. The molecule has 1 aliphatic heterocycles. The zero-order valence-electron chi connectivity index (χ0n) is 13.5. The largest absolute Gasteiger partial charge is 0.337 e. The lowest BCUT2D eigenvalue weighted by Crippen LogP contribution is -2.36. The van der Waals surface area contributed by atoms with E-state index in [0.717, 1.165) is 30.9 Å². The summed E-state index contributed by atoms with van der Waals surface area (Å²) in [5.74, 6) is 0.649. The van der Waals surface area contributed by atoms with E-state index >= 15 is 0 Å². The lowest BCUT2D eigenvalue weighted by atomic mass is 10.00. The summed E-state index contributed by atoms with van der Waals surface area (Å²) in [6.07, 6.45) is 4.78. The summed E-state index contributed by atoms with van der Waals surface area (Å²) in [4.78, 5) is 6.72. The Balaban J connectivity index is 1.78. The molecule has 23 heavy (non-hydrogen) atoms. The molecule has 2 heterocycles. The van der Waals surface area contributed by atoms with Crippen molar-refractivity contribution in [2.45, 2.75) is 32.0 Å². The van der Waals surface area contributed by atoms with Crippen LogP contribution in [0.15, 0.2) is 30.6 Å². The molecule has 0 amide bonds. The molecule has 2 atom stereocenters. The van der Waals surface area contributed by atoms with Crippen LogP contribution in [-0.4, -0.2) is 33.6 Å². The van der Waals surface area contributed by atoms with Gasteiger partial charge in [-0.3, -0.25) is 4.90 Å². The number of benzene rings is 1. The highest BCUT2D eigenvalue weighted by Crippen LogP contribution is 2.33. The van der Waals surface area contributed by atoms with Crippen LogP contribution in [0.5, 0.6) is 0 Å². The van der Waals surface area contributed by atoms with Crippen molar-refractivity contribution < 1.29 is 4.39 Å². The molecule has 1 saturated heterocycles. The van der Waals surface area contributed by atoms with Gasteiger partial charge in [-0.2, -0.15) is 0 Å². The summed E-state index contributed by atoms with van der Waals surface area (Å²) in [6.45, 7) is 4.79. The van der Waals surface area contributed by atoms with Gasteiger partial charge in [0.15, 0.2) is 0 Å². The van der Waals surface area contributed by atoms with Crippen LogP contribution in [0.3, 0.4) is 0 Å². The second-order valence-electron chi connectivity index (χ2n) is 5.98. The van der Waals surface area contributed by atoms with Gasteiger partial charge in [-0.25, -0.2) is 9.37 Å². The minimum absolute atomic E-state index is 0.159. The number of rotatable bonds is 5. The molecule has 3 rings (SSSR count).